The highest BCUT2D eigenvalue weighted by Gasteiger charge is 2.22. The maximum absolute atomic E-state index is 12.3. The van der Waals surface area contributed by atoms with Gasteiger partial charge in [0.2, 0.25) is 0 Å². The number of thiophene rings is 1. The van der Waals surface area contributed by atoms with E-state index in [4.69, 9.17) is 16.7 Å². The summed E-state index contributed by atoms with van der Waals surface area (Å²) < 4.78 is 28.0. The molecule has 4 nitrogen and oxygen atoms in total. The zero-order valence-electron chi connectivity index (χ0n) is 9.73. The van der Waals surface area contributed by atoms with Crippen molar-refractivity contribution < 1.29 is 13.5 Å². The fraction of sp³-hybridized carbons (Fsp3) is 0.0909. The fourth-order valence-corrected chi connectivity index (χ4v) is 5.73. The SMILES string of the molecule is O=S(=O)(Nc1cccc(Cl)c1Br)c1cc(CO)sc1Br. The van der Waals surface area contributed by atoms with Crippen molar-refractivity contribution in [2.75, 3.05) is 4.72 Å². The molecule has 1 aromatic heterocycles. The predicted molar refractivity (Wildman–Crippen MR) is 87.9 cm³/mol. The highest BCUT2D eigenvalue weighted by Crippen LogP contribution is 2.35. The van der Waals surface area contributed by atoms with Crippen LogP contribution in [0, 0.1) is 0 Å². The number of sulfonamides is 1. The van der Waals surface area contributed by atoms with E-state index in [9.17, 15) is 8.42 Å². The van der Waals surface area contributed by atoms with Crippen LogP contribution in [-0.2, 0) is 16.6 Å². The van der Waals surface area contributed by atoms with Crippen molar-refractivity contribution in [3.05, 3.63) is 42.4 Å². The Morgan fingerprint density at radius 1 is 1.35 bits per heavy atom. The molecule has 0 aliphatic heterocycles. The van der Waals surface area contributed by atoms with Gasteiger partial charge in [-0.2, -0.15) is 0 Å². The molecule has 0 unspecified atom stereocenters. The van der Waals surface area contributed by atoms with Crippen LogP contribution >= 0.6 is 54.8 Å². The second kappa shape index (κ2) is 6.33. The number of aliphatic hydroxyl groups is 1. The van der Waals surface area contributed by atoms with E-state index in [1.54, 1.807) is 18.2 Å². The Morgan fingerprint density at radius 2 is 2.05 bits per heavy atom. The number of aliphatic hydroxyl groups excluding tert-OH is 1. The molecule has 1 heterocycles. The molecule has 2 rings (SSSR count). The standard InChI is InChI=1S/C11H8Br2ClNO3S2/c12-10-7(14)2-1-3-8(10)15-20(17,18)9-4-6(5-16)19-11(9)13/h1-4,15-16H,5H2. The molecule has 0 amide bonds. The van der Waals surface area contributed by atoms with Crippen molar-refractivity contribution in [3.63, 3.8) is 0 Å². The predicted octanol–water partition coefficient (Wildman–Crippen LogP) is 4.22. The highest BCUT2D eigenvalue weighted by molar-refractivity contribution is 9.11. The maximum Gasteiger partial charge on any atom is 0.263 e. The van der Waals surface area contributed by atoms with Gasteiger partial charge < -0.3 is 5.11 Å². The summed E-state index contributed by atoms with van der Waals surface area (Å²) in [6.07, 6.45) is 0. The van der Waals surface area contributed by atoms with Crippen molar-refractivity contribution in [2.45, 2.75) is 11.5 Å². The smallest absolute Gasteiger partial charge is 0.263 e. The third-order valence-corrected chi connectivity index (χ3v) is 7.35. The number of anilines is 1. The van der Waals surface area contributed by atoms with Crippen LogP contribution in [0.1, 0.15) is 4.88 Å². The Labute approximate surface area is 142 Å². The van der Waals surface area contributed by atoms with E-state index in [1.807, 2.05) is 0 Å². The normalized spacial score (nSPS) is 11.6. The first-order valence-corrected chi connectivity index (χ1v) is 9.47. The number of hydrogen-bond acceptors (Lipinski definition) is 4. The maximum atomic E-state index is 12.3. The number of benzene rings is 1. The van der Waals surface area contributed by atoms with Gasteiger partial charge in [-0.1, -0.05) is 17.7 Å². The largest absolute Gasteiger partial charge is 0.391 e. The van der Waals surface area contributed by atoms with E-state index in [1.165, 1.54) is 17.4 Å². The minimum Gasteiger partial charge on any atom is -0.391 e. The lowest BCUT2D eigenvalue weighted by molar-refractivity contribution is 0.285. The van der Waals surface area contributed by atoms with Crippen LogP contribution in [0.5, 0.6) is 0 Å². The summed E-state index contributed by atoms with van der Waals surface area (Å²) in [6.45, 7) is -0.209. The molecule has 108 valence electrons. The van der Waals surface area contributed by atoms with Crippen LogP contribution in [0.25, 0.3) is 0 Å². The average Bonchev–Trinajstić information content (AvgIpc) is 2.77. The van der Waals surface area contributed by atoms with Crippen LogP contribution in [0.4, 0.5) is 5.69 Å². The first-order chi connectivity index (χ1) is 9.35. The molecule has 0 aliphatic carbocycles. The van der Waals surface area contributed by atoms with Crippen molar-refractivity contribution >= 4 is 70.5 Å². The van der Waals surface area contributed by atoms with E-state index in [0.717, 1.165) is 0 Å². The lowest BCUT2D eigenvalue weighted by atomic mass is 10.3. The van der Waals surface area contributed by atoms with Crippen molar-refractivity contribution in [2.24, 2.45) is 0 Å². The minimum atomic E-state index is -3.76. The van der Waals surface area contributed by atoms with Gasteiger partial charge in [-0.15, -0.1) is 11.3 Å². The zero-order chi connectivity index (χ0) is 14.9. The van der Waals surface area contributed by atoms with Gasteiger partial charge in [0.05, 0.1) is 25.6 Å². The molecule has 0 aliphatic rings. The second-order valence-corrected chi connectivity index (χ2v) is 9.02. The molecule has 0 atom stereocenters. The molecule has 0 bridgehead atoms. The monoisotopic (exact) mass is 459 g/mol. The summed E-state index contributed by atoms with van der Waals surface area (Å²) in [5.74, 6) is 0. The average molecular weight is 462 g/mol. The van der Waals surface area contributed by atoms with E-state index < -0.39 is 10.0 Å². The summed E-state index contributed by atoms with van der Waals surface area (Å²) in [7, 11) is -3.76. The quantitative estimate of drug-likeness (QED) is 0.717. The molecule has 0 saturated heterocycles. The van der Waals surface area contributed by atoms with Crippen LogP contribution in [-0.4, -0.2) is 13.5 Å². The van der Waals surface area contributed by atoms with Gasteiger partial charge >= 0.3 is 0 Å². The Bertz CT molecular complexity index is 746. The van der Waals surface area contributed by atoms with Gasteiger partial charge in [-0.25, -0.2) is 8.42 Å². The molecule has 20 heavy (non-hydrogen) atoms. The molecule has 0 fully saturated rings. The van der Waals surface area contributed by atoms with E-state index in [-0.39, 0.29) is 11.5 Å². The molecule has 0 saturated carbocycles. The number of nitrogens with one attached hydrogen (secondary N) is 1. The van der Waals surface area contributed by atoms with Gasteiger partial charge in [-0.05, 0) is 50.1 Å². The topological polar surface area (TPSA) is 66.4 Å². The fourth-order valence-electron chi connectivity index (χ4n) is 1.44. The molecular formula is C11H8Br2ClNO3S2. The van der Waals surface area contributed by atoms with Gasteiger partial charge in [0.25, 0.3) is 10.0 Å². The molecule has 2 N–H and O–H groups in total. The lowest BCUT2D eigenvalue weighted by Crippen LogP contribution is -2.13. The van der Waals surface area contributed by atoms with Gasteiger partial charge in [0, 0.05) is 4.88 Å². The van der Waals surface area contributed by atoms with Crippen molar-refractivity contribution in [1.29, 1.82) is 0 Å². The molecule has 9 heteroatoms. The minimum absolute atomic E-state index is 0.0819. The van der Waals surface area contributed by atoms with Gasteiger partial charge in [0.15, 0.2) is 0 Å². The number of hydrogen-bond donors (Lipinski definition) is 2. The highest BCUT2D eigenvalue weighted by atomic mass is 79.9. The zero-order valence-corrected chi connectivity index (χ0v) is 15.3. The first-order valence-electron chi connectivity index (χ1n) is 5.21. The number of rotatable bonds is 4. The molecule has 2 aromatic rings. The Balaban J connectivity index is 2.40. The van der Waals surface area contributed by atoms with E-state index in [0.29, 0.717) is 23.8 Å². The van der Waals surface area contributed by atoms with E-state index in [2.05, 4.69) is 36.6 Å². The summed E-state index contributed by atoms with van der Waals surface area (Å²) in [4.78, 5) is 0.640. The summed E-state index contributed by atoms with van der Waals surface area (Å²) >= 11 is 13.5. The van der Waals surface area contributed by atoms with Gasteiger partial charge in [-0.3, -0.25) is 4.72 Å². The Morgan fingerprint density at radius 3 is 2.65 bits per heavy atom. The van der Waals surface area contributed by atoms with Crippen molar-refractivity contribution in [1.82, 2.24) is 0 Å². The third-order valence-electron chi connectivity index (χ3n) is 2.35. The summed E-state index contributed by atoms with van der Waals surface area (Å²) in [5.41, 5.74) is 0.348. The van der Waals surface area contributed by atoms with E-state index >= 15 is 0 Å². The van der Waals surface area contributed by atoms with Crippen LogP contribution in [0.3, 0.4) is 0 Å². The van der Waals surface area contributed by atoms with Crippen molar-refractivity contribution in [3.8, 4) is 0 Å². The summed E-state index contributed by atoms with van der Waals surface area (Å²) in [5, 5.41) is 9.47. The molecule has 0 radical (unpaired) electrons. The van der Waals surface area contributed by atoms with Crippen LogP contribution in [0.15, 0.2) is 37.4 Å². The lowest BCUT2D eigenvalue weighted by Gasteiger charge is -2.09. The Kier molecular flexibility index (Phi) is 5.14. The number of halogens is 3. The first kappa shape index (κ1) is 16.3. The third kappa shape index (κ3) is 3.37. The second-order valence-electron chi connectivity index (χ2n) is 3.72. The molecule has 0 spiro atoms. The molecular weight excluding hydrogens is 454 g/mol. The Hall–Kier alpha value is -0.120. The molecule has 1 aromatic carbocycles. The van der Waals surface area contributed by atoms with Crippen LogP contribution < -0.4 is 4.72 Å². The van der Waals surface area contributed by atoms with Gasteiger partial charge in [0.1, 0.15) is 4.90 Å². The summed E-state index contributed by atoms with van der Waals surface area (Å²) in [6, 6.07) is 6.32. The van der Waals surface area contributed by atoms with Crippen LogP contribution in [0.2, 0.25) is 5.02 Å².